The highest BCUT2D eigenvalue weighted by Crippen LogP contribution is 2.30. The van der Waals surface area contributed by atoms with Crippen molar-refractivity contribution >= 4 is 5.65 Å². The Bertz CT molecular complexity index is 1190. The number of fused-ring (bicyclic) bond motifs is 1. The molecular weight excluding hydrogens is 372 g/mol. The smallest absolute Gasteiger partial charge is 0.137 e. The number of pyridine rings is 1. The molecule has 2 aromatic heterocycles. The van der Waals surface area contributed by atoms with E-state index in [1.54, 1.807) is 27.7 Å². The predicted molar refractivity (Wildman–Crippen MR) is 121 cm³/mol. The van der Waals surface area contributed by atoms with E-state index in [1.807, 2.05) is 42.6 Å². The average Bonchev–Trinajstić information content (AvgIpc) is 3.09. The van der Waals surface area contributed by atoms with E-state index in [-0.39, 0.29) is 0 Å². The van der Waals surface area contributed by atoms with Crippen LogP contribution in [-0.2, 0) is 11.2 Å². The summed E-state index contributed by atoms with van der Waals surface area (Å²) < 4.78 is 2.10. The fraction of sp³-hybridized carbons (Fsp3) is 0.269. The molecule has 4 aromatic rings. The molecule has 0 aliphatic carbocycles. The summed E-state index contributed by atoms with van der Waals surface area (Å²) in [6.07, 6.45) is 4.00. The number of rotatable bonds is 4. The Hall–Kier alpha value is -2.95. The molecule has 4 nitrogen and oxygen atoms in total. The van der Waals surface area contributed by atoms with Crippen LogP contribution >= 0.6 is 0 Å². The van der Waals surface area contributed by atoms with Gasteiger partial charge in [-0.2, -0.15) is 0 Å². The second-order valence-electron chi connectivity index (χ2n) is 9.01. The lowest BCUT2D eigenvalue weighted by Crippen LogP contribution is -2.15. The first-order valence-electron chi connectivity index (χ1n) is 10.2. The largest absolute Gasteiger partial charge is 0.386 e. The van der Waals surface area contributed by atoms with Crippen molar-refractivity contribution in [3.05, 3.63) is 83.7 Å². The summed E-state index contributed by atoms with van der Waals surface area (Å²) in [5.74, 6) is 0. The molecular formula is C26H28N2O2. The van der Waals surface area contributed by atoms with Crippen LogP contribution < -0.4 is 0 Å². The summed E-state index contributed by atoms with van der Waals surface area (Å²) >= 11 is 0. The van der Waals surface area contributed by atoms with Crippen molar-refractivity contribution in [3.63, 3.8) is 0 Å². The summed E-state index contributed by atoms with van der Waals surface area (Å²) in [7, 11) is 0. The molecule has 0 saturated heterocycles. The third kappa shape index (κ3) is 3.76. The topological polar surface area (TPSA) is 57.8 Å². The maximum Gasteiger partial charge on any atom is 0.137 e. The molecule has 0 spiro atoms. The van der Waals surface area contributed by atoms with Crippen LogP contribution in [0.5, 0.6) is 0 Å². The van der Waals surface area contributed by atoms with Gasteiger partial charge in [0.05, 0.1) is 23.1 Å². The number of hydrogen-bond donors (Lipinski definition) is 2. The van der Waals surface area contributed by atoms with Crippen LogP contribution in [0.3, 0.4) is 0 Å². The van der Waals surface area contributed by atoms with Gasteiger partial charge in [0.15, 0.2) is 0 Å². The minimum atomic E-state index is -0.864. The molecule has 0 atom stereocenters. The molecule has 0 saturated carbocycles. The van der Waals surface area contributed by atoms with E-state index < -0.39 is 11.2 Å². The van der Waals surface area contributed by atoms with Crippen molar-refractivity contribution in [2.75, 3.05) is 0 Å². The Morgan fingerprint density at radius 2 is 1.27 bits per heavy atom. The SMILES string of the molecule is Cc1cc2ncc(-c3ccc(C(C)(C)O)cc3)n2cc1-c1ccc(C(C)(C)O)cc1. The van der Waals surface area contributed by atoms with Crippen LogP contribution in [0.25, 0.3) is 28.0 Å². The minimum Gasteiger partial charge on any atom is -0.386 e. The van der Waals surface area contributed by atoms with Crippen LogP contribution in [-0.4, -0.2) is 19.6 Å². The van der Waals surface area contributed by atoms with Crippen LogP contribution in [0, 0.1) is 6.92 Å². The second kappa shape index (κ2) is 7.08. The molecule has 0 radical (unpaired) electrons. The first-order valence-corrected chi connectivity index (χ1v) is 10.2. The van der Waals surface area contributed by atoms with E-state index in [0.717, 1.165) is 44.7 Å². The second-order valence-corrected chi connectivity index (χ2v) is 9.01. The number of aryl methyl sites for hydroxylation is 1. The Labute approximate surface area is 177 Å². The molecule has 30 heavy (non-hydrogen) atoms. The van der Waals surface area contributed by atoms with Crippen LogP contribution in [0.4, 0.5) is 0 Å². The van der Waals surface area contributed by atoms with E-state index in [0.29, 0.717) is 0 Å². The molecule has 4 rings (SSSR count). The van der Waals surface area contributed by atoms with Crippen molar-refractivity contribution in [2.45, 2.75) is 45.8 Å². The van der Waals surface area contributed by atoms with Crippen LogP contribution in [0.2, 0.25) is 0 Å². The summed E-state index contributed by atoms with van der Waals surface area (Å²) in [5.41, 5.74) is 6.35. The summed E-state index contributed by atoms with van der Waals surface area (Å²) in [6, 6.07) is 18.1. The molecule has 0 fully saturated rings. The van der Waals surface area contributed by atoms with Crippen molar-refractivity contribution < 1.29 is 10.2 Å². The van der Waals surface area contributed by atoms with Gasteiger partial charge in [0.25, 0.3) is 0 Å². The Morgan fingerprint density at radius 3 is 1.77 bits per heavy atom. The zero-order valence-corrected chi connectivity index (χ0v) is 18.1. The molecule has 4 heteroatoms. The van der Waals surface area contributed by atoms with Gasteiger partial charge in [-0.1, -0.05) is 48.5 Å². The molecule has 2 aromatic carbocycles. The van der Waals surface area contributed by atoms with Gasteiger partial charge >= 0.3 is 0 Å². The van der Waals surface area contributed by atoms with Gasteiger partial charge in [0.1, 0.15) is 5.65 Å². The van der Waals surface area contributed by atoms with Crippen molar-refractivity contribution in [2.24, 2.45) is 0 Å². The highest BCUT2D eigenvalue weighted by atomic mass is 16.3. The number of imidazole rings is 1. The van der Waals surface area contributed by atoms with Gasteiger partial charge in [-0.05, 0) is 62.9 Å². The minimum absolute atomic E-state index is 0.857. The van der Waals surface area contributed by atoms with Gasteiger partial charge in [-0.3, -0.25) is 4.40 Å². The zero-order valence-electron chi connectivity index (χ0n) is 18.1. The number of benzene rings is 2. The maximum absolute atomic E-state index is 10.2. The van der Waals surface area contributed by atoms with Crippen molar-refractivity contribution in [3.8, 4) is 22.4 Å². The Kier molecular flexibility index (Phi) is 4.80. The molecule has 0 unspecified atom stereocenters. The number of aromatic nitrogens is 2. The third-order valence-corrected chi connectivity index (χ3v) is 5.64. The lowest BCUT2D eigenvalue weighted by atomic mass is 9.95. The Balaban J connectivity index is 1.78. The van der Waals surface area contributed by atoms with Gasteiger partial charge in [0.2, 0.25) is 0 Å². The van der Waals surface area contributed by atoms with E-state index >= 15 is 0 Å². The van der Waals surface area contributed by atoms with Gasteiger partial charge in [-0.15, -0.1) is 0 Å². The van der Waals surface area contributed by atoms with E-state index in [4.69, 9.17) is 0 Å². The molecule has 154 valence electrons. The lowest BCUT2D eigenvalue weighted by molar-refractivity contribution is 0.0780. The first-order chi connectivity index (χ1) is 14.0. The average molecular weight is 401 g/mol. The fourth-order valence-corrected chi connectivity index (χ4v) is 3.74. The van der Waals surface area contributed by atoms with Crippen molar-refractivity contribution in [1.29, 1.82) is 0 Å². The highest BCUT2D eigenvalue weighted by molar-refractivity contribution is 5.72. The number of nitrogens with zero attached hydrogens (tertiary/aromatic N) is 2. The molecule has 2 heterocycles. The zero-order chi connectivity index (χ0) is 21.7. The van der Waals surface area contributed by atoms with Gasteiger partial charge in [-0.25, -0.2) is 4.98 Å². The van der Waals surface area contributed by atoms with Crippen LogP contribution in [0.1, 0.15) is 44.4 Å². The Morgan fingerprint density at radius 1 is 0.767 bits per heavy atom. The first kappa shape index (κ1) is 20.3. The quantitative estimate of drug-likeness (QED) is 0.480. The molecule has 0 amide bonds. The summed E-state index contributed by atoms with van der Waals surface area (Å²) in [4.78, 5) is 4.59. The predicted octanol–water partition coefficient (Wildman–Crippen LogP) is 5.43. The van der Waals surface area contributed by atoms with Gasteiger partial charge < -0.3 is 10.2 Å². The fourth-order valence-electron chi connectivity index (χ4n) is 3.74. The highest BCUT2D eigenvalue weighted by Gasteiger charge is 2.17. The van der Waals surface area contributed by atoms with Crippen LogP contribution in [0.15, 0.2) is 67.0 Å². The van der Waals surface area contributed by atoms with E-state index in [2.05, 4.69) is 40.7 Å². The molecule has 0 aliphatic heterocycles. The normalized spacial score (nSPS) is 12.5. The van der Waals surface area contributed by atoms with Crippen molar-refractivity contribution in [1.82, 2.24) is 9.38 Å². The van der Waals surface area contributed by atoms with Gasteiger partial charge in [0, 0.05) is 17.3 Å². The standard InChI is InChI=1S/C26H28N2O2/c1-17-14-24-27-15-23(19-8-12-21(13-9-19)26(4,5)30)28(24)16-22(17)18-6-10-20(11-7-18)25(2,3)29/h6-16,29-30H,1-5H3. The molecule has 2 N–H and O–H groups in total. The monoisotopic (exact) mass is 400 g/mol. The third-order valence-electron chi connectivity index (χ3n) is 5.64. The summed E-state index contributed by atoms with van der Waals surface area (Å²) in [6.45, 7) is 9.25. The molecule has 0 bridgehead atoms. The number of hydrogen-bond acceptors (Lipinski definition) is 3. The van der Waals surface area contributed by atoms with E-state index in [9.17, 15) is 10.2 Å². The summed E-state index contributed by atoms with van der Waals surface area (Å²) in [5, 5.41) is 20.4. The van der Waals surface area contributed by atoms with E-state index in [1.165, 1.54) is 0 Å². The number of aliphatic hydroxyl groups is 2. The maximum atomic E-state index is 10.2. The lowest BCUT2D eigenvalue weighted by Gasteiger charge is -2.18. The molecule has 0 aliphatic rings.